The maximum atomic E-state index is 11.8. The minimum Gasteiger partial charge on any atom is -0.382 e. The standard InChI is InChI=1S/C10H18N4O/c1-4-10(3,5-2)12-9(15)7-6-8(11)14-13-7/h6H,4-5H2,1-3H3,(H,12,15)(H3,11,13,14). The molecule has 0 saturated heterocycles. The number of nitrogen functional groups attached to an aromatic ring is 1. The quantitative estimate of drug-likeness (QED) is 0.700. The number of aromatic nitrogens is 2. The van der Waals surface area contributed by atoms with Crippen LogP contribution in [0.1, 0.15) is 44.1 Å². The van der Waals surface area contributed by atoms with Crippen molar-refractivity contribution in [2.75, 3.05) is 5.73 Å². The van der Waals surface area contributed by atoms with Crippen LogP contribution in [0.25, 0.3) is 0 Å². The Hall–Kier alpha value is -1.52. The predicted octanol–water partition coefficient (Wildman–Crippen LogP) is 1.30. The molecule has 0 unspecified atom stereocenters. The fraction of sp³-hybridized carbons (Fsp3) is 0.600. The molecule has 0 fully saturated rings. The van der Waals surface area contributed by atoms with Gasteiger partial charge in [-0.25, -0.2) is 0 Å². The maximum Gasteiger partial charge on any atom is 0.269 e. The topological polar surface area (TPSA) is 83.8 Å². The zero-order valence-corrected chi connectivity index (χ0v) is 9.42. The molecule has 1 aromatic heterocycles. The molecular weight excluding hydrogens is 192 g/mol. The van der Waals surface area contributed by atoms with Gasteiger partial charge in [0, 0.05) is 11.6 Å². The Balaban J connectivity index is 2.71. The Bertz CT molecular complexity index is 341. The zero-order valence-electron chi connectivity index (χ0n) is 9.42. The Morgan fingerprint density at radius 3 is 2.60 bits per heavy atom. The highest BCUT2D eigenvalue weighted by atomic mass is 16.2. The van der Waals surface area contributed by atoms with Crippen molar-refractivity contribution in [3.63, 3.8) is 0 Å². The van der Waals surface area contributed by atoms with Crippen LogP contribution < -0.4 is 11.1 Å². The monoisotopic (exact) mass is 210 g/mol. The van der Waals surface area contributed by atoms with Crippen molar-refractivity contribution in [1.29, 1.82) is 0 Å². The van der Waals surface area contributed by atoms with Gasteiger partial charge in [-0.3, -0.25) is 9.89 Å². The SMILES string of the molecule is CCC(C)(CC)NC(=O)c1cc(N)n[nH]1. The number of nitrogens with zero attached hydrogens (tertiary/aromatic N) is 1. The van der Waals surface area contributed by atoms with Crippen LogP contribution in [0.4, 0.5) is 5.82 Å². The van der Waals surface area contributed by atoms with Gasteiger partial charge in [0.05, 0.1) is 0 Å². The lowest BCUT2D eigenvalue weighted by Crippen LogP contribution is -2.45. The second-order valence-electron chi connectivity index (χ2n) is 3.93. The second-order valence-corrected chi connectivity index (χ2v) is 3.93. The third-order valence-electron chi connectivity index (χ3n) is 2.82. The van der Waals surface area contributed by atoms with E-state index in [0.29, 0.717) is 11.5 Å². The molecule has 1 aromatic rings. The first-order valence-corrected chi connectivity index (χ1v) is 5.14. The first-order chi connectivity index (χ1) is 7.00. The van der Waals surface area contributed by atoms with E-state index < -0.39 is 0 Å². The highest BCUT2D eigenvalue weighted by molar-refractivity contribution is 5.93. The molecule has 4 N–H and O–H groups in total. The number of nitrogens with two attached hydrogens (primary N) is 1. The molecule has 1 rings (SSSR count). The summed E-state index contributed by atoms with van der Waals surface area (Å²) in [6, 6.07) is 1.53. The molecule has 0 aliphatic heterocycles. The number of rotatable bonds is 4. The smallest absolute Gasteiger partial charge is 0.269 e. The lowest BCUT2D eigenvalue weighted by molar-refractivity contribution is 0.0896. The van der Waals surface area contributed by atoms with Gasteiger partial charge in [0.25, 0.3) is 5.91 Å². The van der Waals surface area contributed by atoms with Crippen molar-refractivity contribution in [3.05, 3.63) is 11.8 Å². The van der Waals surface area contributed by atoms with Crippen LogP contribution in [-0.2, 0) is 0 Å². The van der Waals surface area contributed by atoms with Crippen molar-refractivity contribution in [2.45, 2.75) is 39.2 Å². The molecule has 0 spiro atoms. The lowest BCUT2D eigenvalue weighted by Gasteiger charge is -2.27. The van der Waals surface area contributed by atoms with E-state index in [4.69, 9.17) is 5.73 Å². The molecule has 5 heteroatoms. The molecular formula is C10H18N4O. The summed E-state index contributed by atoms with van der Waals surface area (Å²) >= 11 is 0. The summed E-state index contributed by atoms with van der Waals surface area (Å²) in [5.74, 6) is 0.167. The maximum absolute atomic E-state index is 11.8. The number of anilines is 1. The average Bonchev–Trinajstić information content (AvgIpc) is 2.65. The summed E-state index contributed by atoms with van der Waals surface area (Å²) in [6.07, 6.45) is 1.78. The van der Waals surface area contributed by atoms with Crippen molar-refractivity contribution in [3.8, 4) is 0 Å². The van der Waals surface area contributed by atoms with E-state index in [1.54, 1.807) is 0 Å². The van der Waals surface area contributed by atoms with Crippen LogP contribution >= 0.6 is 0 Å². The fourth-order valence-electron chi connectivity index (χ4n) is 1.22. The number of carbonyl (C=O) groups excluding carboxylic acids is 1. The Labute approximate surface area is 89.4 Å². The largest absolute Gasteiger partial charge is 0.382 e. The van der Waals surface area contributed by atoms with Gasteiger partial charge in [-0.05, 0) is 19.8 Å². The summed E-state index contributed by atoms with van der Waals surface area (Å²) in [6.45, 7) is 6.11. The van der Waals surface area contributed by atoms with Gasteiger partial charge in [-0.15, -0.1) is 0 Å². The molecule has 1 heterocycles. The zero-order chi connectivity index (χ0) is 11.5. The number of amides is 1. The molecule has 0 aliphatic rings. The summed E-state index contributed by atoms with van der Waals surface area (Å²) in [5, 5.41) is 9.26. The van der Waals surface area contributed by atoms with Crippen LogP contribution in [0.2, 0.25) is 0 Å². The fourth-order valence-corrected chi connectivity index (χ4v) is 1.22. The number of hydrogen-bond acceptors (Lipinski definition) is 3. The molecule has 0 atom stereocenters. The Morgan fingerprint density at radius 1 is 1.60 bits per heavy atom. The molecule has 1 amide bonds. The van der Waals surface area contributed by atoms with Gasteiger partial charge in [0.2, 0.25) is 0 Å². The Kier molecular flexibility index (Phi) is 3.34. The van der Waals surface area contributed by atoms with Crippen molar-refractivity contribution < 1.29 is 4.79 Å². The predicted molar refractivity (Wildman–Crippen MR) is 59.5 cm³/mol. The van der Waals surface area contributed by atoms with Gasteiger partial charge in [-0.2, -0.15) is 5.10 Å². The van der Waals surface area contributed by atoms with Gasteiger partial charge in [-0.1, -0.05) is 13.8 Å². The highest BCUT2D eigenvalue weighted by Crippen LogP contribution is 2.14. The number of carbonyl (C=O) groups is 1. The van der Waals surface area contributed by atoms with E-state index >= 15 is 0 Å². The molecule has 5 nitrogen and oxygen atoms in total. The molecule has 0 aromatic carbocycles. The van der Waals surface area contributed by atoms with E-state index in [9.17, 15) is 4.79 Å². The number of hydrogen-bond donors (Lipinski definition) is 3. The Morgan fingerprint density at radius 2 is 2.20 bits per heavy atom. The van der Waals surface area contributed by atoms with Crippen LogP contribution in [0.5, 0.6) is 0 Å². The van der Waals surface area contributed by atoms with E-state index in [1.807, 2.05) is 20.8 Å². The molecule has 15 heavy (non-hydrogen) atoms. The van der Waals surface area contributed by atoms with Crippen LogP contribution in [0.3, 0.4) is 0 Å². The van der Waals surface area contributed by atoms with Crippen molar-refractivity contribution in [1.82, 2.24) is 15.5 Å². The van der Waals surface area contributed by atoms with Gasteiger partial charge in [0.1, 0.15) is 11.5 Å². The summed E-state index contributed by atoms with van der Waals surface area (Å²) < 4.78 is 0. The van der Waals surface area contributed by atoms with Crippen molar-refractivity contribution >= 4 is 11.7 Å². The summed E-state index contributed by atoms with van der Waals surface area (Å²) in [4.78, 5) is 11.8. The number of nitrogens with one attached hydrogen (secondary N) is 2. The first-order valence-electron chi connectivity index (χ1n) is 5.14. The molecule has 0 aliphatic carbocycles. The third kappa shape index (κ3) is 2.71. The summed E-state index contributed by atoms with van der Waals surface area (Å²) in [7, 11) is 0. The van der Waals surface area contributed by atoms with Crippen LogP contribution in [0.15, 0.2) is 6.07 Å². The molecule has 0 saturated carbocycles. The van der Waals surface area contributed by atoms with Crippen LogP contribution in [-0.4, -0.2) is 21.6 Å². The highest BCUT2D eigenvalue weighted by Gasteiger charge is 2.23. The minimum absolute atomic E-state index is 0.162. The third-order valence-corrected chi connectivity index (χ3v) is 2.82. The number of H-pyrrole nitrogens is 1. The van der Waals surface area contributed by atoms with Gasteiger partial charge in [0.15, 0.2) is 0 Å². The minimum atomic E-state index is -0.170. The van der Waals surface area contributed by atoms with Crippen molar-refractivity contribution in [2.24, 2.45) is 0 Å². The second kappa shape index (κ2) is 4.33. The van der Waals surface area contributed by atoms with Gasteiger partial charge >= 0.3 is 0 Å². The van der Waals surface area contributed by atoms with E-state index in [1.165, 1.54) is 6.07 Å². The van der Waals surface area contributed by atoms with E-state index in [-0.39, 0.29) is 11.4 Å². The number of aromatic amines is 1. The molecule has 0 bridgehead atoms. The normalized spacial score (nSPS) is 11.4. The van der Waals surface area contributed by atoms with Gasteiger partial charge < -0.3 is 11.1 Å². The van der Waals surface area contributed by atoms with E-state index in [0.717, 1.165) is 12.8 Å². The molecule has 0 radical (unpaired) electrons. The van der Waals surface area contributed by atoms with E-state index in [2.05, 4.69) is 15.5 Å². The van der Waals surface area contributed by atoms with Crippen LogP contribution in [0, 0.1) is 0 Å². The summed E-state index contributed by atoms with van der Waals surface area (Å²) in [5.41, 5.74) is 5.66. The molecule has 84 valence electrons. The lowest BCUT2D eigenvalue weighted by atomic mass is 9.95. The first kappa shape index (κ1) is 11.6. The average molecular weight is 210 g/mol.